The Labute approximate surface area is 121 Å². The second-order valence-corrected chi connectivity index (χ2v) is 7.16. The van der Waals surface area contributed by atoms with Crippen LogP contribution in [-0.4, -0.2) is 24.6 Å². The SMILES string of the molecule is CC(CCNC(C)(C)c1nccs1)C1CCCNC1. The second kappa shape index (κ2) is 6.82. The van der Waals surface area contributed by atoms with E-state index in [1.54, 1.807) is 11.3 Å². The van der Waals surface area contributed by atoms with Crippen molar-refractivity contribution in [3.63, 3.8) is 0 Å². The van der Waals surface area contributed by atoms with Crippen LogP contribution in [0.2, 0.25) is 0 Å². The van der Waals surface area contributed by atoms with Gasteiger partial charge in [-0.2, -0.15) is 0 Å². The van der Waals surface area contributed by atoms with Gasteiger partial charge in [0.05, 0.1) is 5.54 Å². The van der Waals surface area contributed by atoms with Crippen LogP contribution in [0.15, 0.2) is 11.6 Å². The van der Waals surface area contributed by atoms with Crippen LogP contribution < -0.4 is 10.6 Å². The minimum absolute atomic E-state index is 0.00129. The van der Waals surface area contributed by atoms with Gasteiger partial charge in [-0.25, -0.2) is 4.98 Å². The standard InChI is InChI=1S/C15H27N3S/c1-12(13-5-4-7-16-11-13)6-8-18-15(2,3)14-17-9-10-19-14/h9-10,12-13,16,18H,4-8,11H2,1-3H3. The Morgan fingerprint density at radius 2 is 2.42 bits per heavy atom. The highest BCUT2D eigenvalue weighted by molar-refractivity contribution is 7.09. The lowest BCUT2D eigenvalue weighted by Gasteiger charge is -2.30. The van der Waals surface area contributed by atoms with Gasteiger partial charge in [0, 0.05) is 11.6 Å². The van der Waals surface area contributed by atoms with Crippen molar-refractivity contribution in [2.75, 3.05) is 19.6 Å². The molecule has 2 rings (SSSR count). The summed E-state index contributed by atoms with van der Waals surface area (Å²) < 4.78 is 0. The molecule has 1 aliphatic heterocycles. The first-order valence-electron chi connectivity index (χ1n) is 7.45. The van der Waals surface area contributed by atoms with E-state index in [1.165, 1.54) is 37.4 Å². The van der Waals surface area contributed by atoms with E-state index < -0.39 is 0 Å². The number of aromatic nitrogens is 1. The molecule has 0 spiro atoms. The highest BCUT2D eigenvalue weighted by Gasteiger charge is 2.24. The smallest absolute Gasteiger partial charge is 0.112 e. The minimum Gasteiger partial charge on any atom is -0.316 e. The van der Waals surface area contributed by atoms with E-state index in [9.17, 15) is 0 Å². The van der Waals surface area contributed by atoms with Crippen LogP contribution in [0.5, 0.6) is 0 Å². The highest BCUT2D eigenvalue weighted by Crippen LogP contribution is 2.24. The molecule has 1 aromatic heterocycles. The zero-order chi connectivity index (χ0) is 13.7. The van der Waals surface area contributed by atoms with E-state index >= 15 is 0 Å². The topological polar surface area (TPSA) is 37.0 Å². The summed E-state index contributed by atoms with van der Waals surface area (Å²) in [5, 5.41) is 10.4. The van der Waals surface area contributed by atoms with Crippen LogP contribution in [0.3, 0.4) is 0 Å². The molecule has 0 aliphatic carbocycles. The van der Waals surface area contributed by atoms with Gasteiger partial charge >= 0.3 is 0 Å². The molecular weight excluding hydrogens is 254 g/mol. The fourth-order valence-corrected chi connectivity index (χ4v) is 3.56. The van der Waals surface area contributed by atoms with Gasteiger partial charge in [0.2, 0.25) is 0 Å². The van der Waals surface area contributed by atoms with Gasteiger partial charge in [-0.15, -0.1) is 11.3 Å². The second-order valence-electron chi connectivity index (χ2n) is 6.26. The molecule has 3 nitrogen and oxygen atoms in total. The number of rotatable bonds is 6. The maximum absolute atomic E-state index is 4.42. The van der Waals surface area contributed by atoms with Crippen LogP contribution in [0.25, 0.3) is 0 Å². The molecule has 0 saturated carbocycles. The highest BCUT2D eigenvalue weighted by atomic mass is 32.1. The molecule has 2 N–H and O–H groups in total. The Bertz CT molecular complexity index is 355. The fourth-order valence-electron chi connectivity index (χ4n) is 2.82. The molecule has 1 saturated heterocycles. The summed E-state index contributed by atoms with van der Waals surface area (Å²) in [4.78, 5) is 4.42. The number of piperidine rings is 1. The molecule has 4 heteroatoms. The Balaban J connectivity index is 1.73. The van der Waals surface area contributed by atoms with Gasteiger partial charge in [0.1, 0.15) is 5.01 Å². The first-order valence-corrected chi connectivity index (χ1v) is 8.33. The summed E-state index contributed by atoms with van der Waals surface area (Å²) >= 11 is 1.73. The van der Waals surface area contributed by atoms with Crippen molar-refractivity contribution in [3.05, 3.63) is 16.6 Å². The third-order valence-corrected chi connectivity index (χ3v) is 5.37. The van der Waals surface area contributed by atoms with Crippen molar-refractivity contribution in [3.8, 4) is 0 Å². The molecule has 19 heavy (non-hydrogen) atoms. The monoisotopic (exact) mass is 281 g/mol. The lowest BCUT2D eigenvalue weighted by atomic mass is 9.85. The maximum Gasteiger partial charge on any atom is 0.112 e. The molecule has 2 heterocycles. The predicted molar refractivity (Wildman–Crippen MR) is 82.5 cm³/mol. The van der Waals surface area contributed by atoms with E-state index in [4.69, 9.17) is 0 Å². The molecule has 1 fully saturated rings. The third kappa shape index (κ3) is 4.26. The van der Waals surface area contributed by atoms with Crippen molar-refractivity contribution in [1.29, 1.82) is 0 Å². The van der Waals surface area contributed by atoms with Gasteiger partial charge in [0.15, 0.2) is 0 Å². The number of nitrogens with one attached hydrogen (secondary N) is 2. The third-order valence-electron chi connectivity index (χ3n) is 4.27. The minimum atomic E-state index is -0.00129. The largest absolute Gasteiger partial charge is 0.316 e. The van der Waals surface area contributed by atoms with Crippen LogP contribution in [0.4, 0.5) is 0 Å². The van der Waals surface area contributed by atoms with Crippen LogP contribution in [0.1, 0.15) is 45.0 Å². The van der Waals surface area contributed by atoms with Crippen molar-refractivity contribution >= 4 is 11.3 Å². The number of hydrogen-bond donors (Lipinski definition) is 2. The summed E-state index contributed by atoms with van der Waals surface area (Å²) in [5.41, 5.74) is -0.00129. The first kappa shape index (κ1) is 14.9. The molecular formula is C15H27N3S. The summed E-state index contributed by atoms with van der Waals surface area (Å²) in [6.45, 7) is 10.3. The molecule has 0 radical (unpaired) electrons. The molecule has 2 unspecified atom stereocenters. The zero-order valence-corrected chi connectivity index (χ0v) is 13.2. The fraction of sp³-hybridized carbons (Fsp3) is 0.800. The summed E-state index contributed by atoms with van der Waals surface area (Å²) in [5.74, 6) is 1.66. The average Bonchev–Trinajstić information content (AvgIpc) is 2.94. The van der Waals surface area contributed by atoms with E-state index in [1.807, 2.05) is 6.20 Å². The van der Waals surface area contributed by atoms with Gasteiger partial charge in [-0.05, 0) is 64.6 Å². The van der Waals surface area contributed by atoms with E-state index in [-0.39, 0.29) is 5.54 Å². The molecule has 2 atom stereocenters. The molecule has 1 aromatic rings. The Morgan fingerprint density at radius 1 is 1.58 bits per heavy atom. The Hall–Kier alpha value is -0.450. The normalized spacial score (nSPS) is 22.4. The Kier molecular flexibility index (Phi) is 5.37. The maximum atomic E-state index is 4.42. The first-order chi connectivity index (χ1) is 9.09. The van der Waals surface area contributed by atoms with E-state index in [2.05, 4.69) is 41.8 Å². The van der Waals surface area contributed by atoms with Gasteiger partial charge in [-0.3, -0.25) is 0 Å². The van der Waals surface area contributed by atoms with E-state index in [0.29, 0.717) is 0 Å². The molecule has 0 aromatic carbocycles. The van der Waals surface area contributed by atoms with Crippen LogP contribution in [-0.2, 0) is 5.54 Å². The lowest BCUT2D eigenvalue weighted by molar-refractivity contribution is 0.257. The summed E-state index contributed by atoms with van der Waals surface area (Å²) in [6, 6.07) is 0. The summed E-state index contributed by atoms with van der Waals surface area (Å²) in [7, 11) is 0. The molecule has 0 amide bonds. The zero-order valence-electron chi connectivity index (χ0n) is 12.4. The van der Waals surface area contributed by atoms with Crippen LogP contribution in [0, 0.1) is 11.8 Å². The van der Waals surface area contributed by atoms with Crippen molar-refractivity contribution < 1.29 is 0 Å². The van der Waals surface area contributed by atoms with Crippen LogP contribution >= 0.6 is 11.3 Å². The average molecular weight is 281 g/mol. The van der Waals surface area contributed by atoms with Crippen molar-refractivity contribution in [2.24, 2.45) is 11.8 Å². The quantitative estimate of drug-likeness (QED) is 0.841. The number of hydrogen-bond acceptors (Lipinski definition) is 4. The van der Waals surface area contributed by atoms with E-state index in [0.717, 1.165) is 18.4 Å². The van der Waals surface area contributed by atoms with Gasteiger partial charge < -0.3 is 10.6 Å². The molecule has 1 aliphatic rings. The molecule has 108 valence electrons. The number of nitrogens with zero attached hydrogens (tertiary/aromatic N) is 1. The van der Waals surface area contributed by atoms with Crippen molar-refractivity contribution in [1.82, 2.24) is 15.6 Å². The molecule has 0 bridgehead atoms. The lowest BCUT2D eigenvalue weighted by Crippen LogP contribution is -2.39. The van der Waals surface area contributed by atoms with Crippen molar-refractivity contribution in [2.45, 2.75) is 45.6 Å². The summed E-state index contributed by atoms with van der Waals surface area (Å²) in [6.07, 6.45) is 5.87. The van der Waals surface area contributed by atoms with Gasteiger partial charge in [0.25, 0.3) is 0 Å². The predicted octanol–water partition coefficient (Wildman–Crippen LogP) is 2.99. The van der Waals surface area contributed by atoms with Gasteiger partial charge in [-0.1, -0.05) is 6.92 Å². The number of thiazole rings is 1. The Morgan fingerprint density at radius 3 is 3.05 bits per heavy atom.